The summed E-state index contributed by atoms with van der Waals surface area (Å²) < 4.78 is 1.76. The highest BCUT2D eigenvalue weighted by atomic mass is 35.5. The SMILES string of the molecule is CCC(C)C1CN(Cc2c(C)nn(C)c2Cl)CCN1. The molecule has 2 heterocycles. The number of piperazine rings is 1. The molecule has 1 saturated heterocycles. The van der Waals surface area contributed by atoms with Crippen LogP contribution in [0.3, 0.4) is 0 Å². The molecule has 2 atom stereocenters. The van der Waals surface area contributed by atoms with E-state index in [2.05, 4.69) is 29.2 Å². The Labute approximate surface area is 121 Å². The van der Waals surface area contributed by atoms with Gasteiger partial charge in [0.15, 0.2) is 0 Å². The Bertz CT molecular complexity index is 429. The quantitative estimate of drug-likeness (QED) is 0.920. The maximum Gasteiger partial charge on any atom is 0.131 e. The first-order valence-electron chi connectivity index (χ1n) is 7.16. The number of halogens is 1. The van der Waals surface area contributed by atoms with Gasteiger partial charge in [0.05, 0.1) is 5.69 Å². The molecule has 0 bridgehead atoms. The van der Waals surface area contributed by atoms with E-state index in [9.17, 15) is 0 Å². The van der Waals surface area contributed by atoms with Crippen LogP contribution in [0.25, 0.3) is 0 Å². The number of hydrogen-bond acceptors (Lipinski definition) is 3. The second kappa shape index (κ2) is 6.25. The lowest BCUT2D eigenvalue weighted by molar-refractivity contribution is 0.162. The maximum atomic E-state index is 6.32. The average Bonchev–Trinajstić information content (AvgIpc) is 2.65. The summed E-state index contributed by atoms with van der Waals surface area (Å²) in [6.07, 6.45) is 1.22. The summed E-state index contributed by atoms with van der Waals surface area (Å²) in [6.45, 7) is 10.8. The highest BCUT2D eigenvalue weighted by Crippen LogP contribution is 2.22. The van der Waals surface area contributed by atoms with Crippen LogP contribution < -0.4 is 5.32 Å². The van der Waals surface area contributed by atoms with Gasteiger partial charge in [0.25, 0.3) is 0 Å². The van der Waals surface area contributed by atoms with Gasteiger partial charge in [-0.25, -0.2) is 0 Å². The third-order valence-electron chi connectivity index (χ3n) is 4.27. The minimum Gasteiger partial charge on any atom is -0.311 e. The summed E-state index contributed by atoms with van der Waals surface area (Å²) >= 11 is 6.32. The Morgan fingerprint density at radius 2 is 2.26 bits per heavy atom. The van der Waals surface area contributed by atoms with Gasteiger partial charge in [-0.05, 0) is 12.8 Å². The van der Waals surface area contributed by atoms with E-state index >= 15 is 0 Å². The van der Waals surface area contributed by atoms with E-state index in [0.717, 1.165) is 37.0 Å². The van der Waals surface area contributed by atoms with Crippen molar-refractivity contribution >= 4 is 11.6 Å². The van der Waals surface area contributed by atoms with Gasteiger partial charge in [-0.1, -0.05) is 31.9 Å². The number of rotatable bonds is 4. The maximum absolute atomic E-state index is 6.32. The molecule has 1 N–H and O–H groups in total. The first kappa shape index (κ1) is 14.8. The zero-order valence-corrected chi connectivity index (χ0v) is 13.2. The van der Waals surface area contributed by atoms with Crippen molar-refractivity contribution in [3.63, 3.8) is 0 Å². The molecule has 0 spiro atoms. The molecule has 5 heteroatoms. The topological polar surface area (TPSA) is 33.1 Å². The van der Waals surface area contributed by atoms with Crippen LogP contribution in [0.15, 0.2) is 0 Å². The molecule has 1 fully saturated rings. The molecule has 0 aliphatic carbocycles. The van der Waals surface area contributed by atoms with Crippen LogP contribution in [0.4, 0.5) is 0 Å². The highest BCUT2D eigenvalue weighted by Gasteiger charge is 2.24. The molecule has 0 saturated carbocycles. The van der Waals surface area contributed by atoms with Gasteiger partial charge < -0.3 is 5.32 Å². The predicted octanol–water partition coefficient (Wildman–Crippen LogP) is 2.20. The Hall–Kier alpha value is -0.580. The molecule has 108 valence electrons. The van der Waals surface area contributed by atoms with Crippen molar-refractivity contribution in [1.29, 1.82) is 0 Å². The largest absolute Gasteiger partial charge is 0.311 e. The monoisotopic (exact) mass is 284 g/mol. The molecular weight excluding hydrogens is 260 g/mol. The molecule has 1 aromatic heterocycles. The van der Waals surface area contributed by atoms with E-state index in [1.54, 1.807) is 4.68 Å². The van der Waals surface area contributed by atoms with E-state index in [-0.39, 0.29) is 0 Å². The van der Waals surface area contributed by atoms with Crippen molar-refractivity contribution in [2.75, 3.05) is 19.6 Å². The van der Waals surface area contributed by atoms with Crippen LogP contribution in [0.1, 0.15) is 31.5 Å². The number of nitrogens with zero attached hydrogens (tertiary/aromatic N) is 3. The summed E-state index contributed by atoms with van der Waals surface area (Å²) in [6, 6.07) is 0.592. The second-order valence-electron chi connectivity index (χ2n) is 5.66. The van der Waals surface area contributed by atoms with Crippen LogP contribution in [0.5, 0.6) is 0 Å². The average molecular weight is 285 g/mol. The van der Waals surface area contributed by atoms with Crippen LogP contribution in [0, 0.1) is 12.8 Å². The van der Waals surface area contributed by atoms with Crippen molar-refractivity contribution in [3.8, 4) is 0 Å². The molecule has 1 aromatic rings. The molecule has 2 rings (SSSR count). The summed E-state index contributed by atoms with van der Waals surface area (Å²) in [5, 5.41) is 8.79. The van der Waals surface area contributed by atoms with Gasteiger partial charge in [0.2, 0.25) is 0 Å². The lowest BCUT2D eigenvalue weighted by Crippen LogP contribution is -2.52. The smallest absolute Gasteiger partial charge is 0.131 e. The third-order valence-corrected chi connectivity index (χ3v) is 4.74. The number of nitrogens with one attached hydrogen (secondary N) is 1. The van der Waals surface area contributed by atoms with Crippen molar-refractivity contribution in [2.45, 2.75) is 39.8 Å². The standard InChI is InChI=1S/C14H25ClN4/c1-5-10(2)13-9-19(7-6-16-13)8-12-11(3)17-18(4)14(12)15/h10,13,16H,5-9H2,1-4H3. The Morgan fingerprint density at radius 1 is 1.53 bits per heavy atom. The van der Waals surface area contributed by atoms with Crippen molar-refractivity contribution in [2.24, 2.45) is 13.0 Å². The van der Waals surface area contributed by atoms with Gasteiger partial charge in [-0.15, -0.1) is 0 Å². The van der Waals surface area contributed by atoms with Gasteiger partial charge >= 0.3 is 0 Å². The molecule has 2 unspecified atom stereocenters. The predicted molar refractivity (Wildman–Crippen MR) is 79.5 cm³/mol. The van der Waals surface area contributed by atoms with Gasteiger partial charge in [-0.3, -0.25) is 9.58 Å². The lowest BCUT2D eigenvalue weighted by Gasteiger charge is -2.36. The Morgan fingerprint density at radius 3 is 2.84 bits per heavy atom. The number of hydrogen-bond donors (Lipinski definition) is 1. The van der Waals surface area contributed by atoms with Gasteiger partial charge in [0, 0.05) is 44.8 Å². The molecule has 19 heavy (non-hydrogen) atoms. The zero-order valence-electron chi connectivity index (χ0n) is 12.4. The number of aryl methyl sites for hydroxylation is 2. The van der Waals surface area contributed by atoms with Crippen molar-refractivity contribution < 1.29 is 0 Å². The zero-order chi connectivity index (χ0) is 14.0. The number of aromatic nitrogens is 2. The van der Waals surface area contributed by atoms with E-state index in [1.165, 1.54) is 12.0 Å². The fourth-order valence-electron chi connectivity index (χ4n) is 2.73. The minimum absolute atomic E-state index is 0.592. The molecule has 0 amide bonds. The van der Waals surface area contributed by atoms with Gasteiger partial charge in [-0.2, -0.15) is 5.10 Å². The van der Waals surface area contributed by atoms with E-state index in [1.807, 2.05) is 14.0 Å². The van der Waals surface area contributed by atoms with E-state index in [0.29, 0.717) is 12.0 Å². The minimum atomic E-state index is 0.592. The molecular formula is C14H25ClN4. The van der Waals surface area contributed by atoms with Crippen LogP contribution in [0.2, 0.25) is 5.15 Å². The first-order chi connectivity index (χ1) is 9.02. The van der Waals surface area contributed by atoms with Crippen LogP contribution in [-0.2, 0) is 13.6 Å². The van der Waals surface area contributed by atoms with Crippen molar-refractivity contribution in [1.82, 2.24) is 20.0 Å². The fourth-order valence-corrected chi connectivity index (χ4v) is 2.96. The summed E-state index contributed by atoms with van der Waals surface area (Å²) in [4.78, 5) is 2.49. The van der Waals surface area contributed by atoms with E-state index in [4.69, 9.17) is 11.6 Å². The van der Waals surface area contributed by atoms with Gasteiger partial charge in [0.1, 0.15) is 5.15 Å². The molecule has 1 aliphatic heterocycles. The highest BCUT2D eigenvalue weighted by molar-refractivity contribution is 6.30. The Balaban J connectivity index is 2.02. The fraction of sp³-hybridized carbons (Fsp3) is 0.786. The molecule has 0 aromatic carbocycles. The Kier molecular flexibility index (Phi) is 4.87. The molecule has 1 aliphatic rings. The van der Waals surface area contributed by atoms with E-state index < -0.39 is 0 Å². The second-order valence-corrected chi connectivity index (χ2v) is 6.02. The van der Waals surface area contributed by atoms with Crippen LogP contribution in [-0.4, -0.2) is 40.4 Å². The summed E-state index contributed by atoms with van der Waals surface area (Å²) in [5.74, 6) is 0.716. The first-order valence-corrected chi connectivity index (χ1v) is 7.54. The normalized spacial score (nSPS) is 22.7. The molecule has 0 radical (unpaired) electrons. The third kappa shape index (κ3) is 3.30. The summed E-state index contributed by atoms with van der Waals surface area (Å²) in [5.41, 5.74) is 2.22. The van der Waals surface area contributed by atoms with Crippen molar-refractivity contribution in [3.05, 3.63) is 16.4 Å². The lowest BCUT2D eigenvalue weighted by atomic mass is 9.97. The van der Waals surface area contributed by atoms with Crippen LogP contribution >= 0.6 is 11.6 Å². The molecule has 4 nitrogen and oxygen atoms in total. The summed E-state index contributed by atoms with van der Waals surface area (Å²) in [7, 11) is 1.90.